The minimum atomic E-state index is -4.71. The van der Waals surface area contributed by atoms with Gasteiger partial charge in [0.15, 0.2) is 0 Å². The van der Waals surface area contributed by atoms with E-state index in [1.807, 2.05) is 13.8 Å². The Labute approximate surface area is 211 Å². The second-order valence-corrected chi connectivity index (χ2v) is 9.75. The van der Waals surface area contributed by atoms with E-state index >= 15 is 0 Å². The zero-order valence-electron chi connectivity index (χ0n) is 19.8. The van der Waals surface area contributed by atoms with E-state index < -0.39 is 31.7 Å². The molecule has 1 atom stereocenters. The molecule has 0 aliphatic heterocycles. The molecule has 0 N–H and O–H groups in total. The van der Waals surface area contributed by atoms with Crippen molar-refractivity contribution in [2.24, 2.45) is 0 Å². The molecule has 0 heterocycles. The first-order valence-electron chi connectivity index (χ1n) is 11.1. The lowest BCUT2D eigenvalue weighted by Gasteiger charge is -2.29. The van der Waals surface area contributed by atoms with E-state index in [9.17, 15) is 36.5 Å². The van der Waals surface area contributed by atoms with Crippen molar-refractivity contribution in [2.45, 2.75) is 43.9 Å². The Kier molecular flexibility index (Phi) is 8.22. The van der Waals surface area contributed by atoms with Crippen LogP contribution in [0.25, 0.3) is 0 Å². The molecule has 0 saturated heterocycles. The van der Waals surface area contributed by atoms with Crippen molar-refractivity contribution < 1.29 is 35.5 Å². The highest BCUT2D eigenvalue weighted by molar-refractivity contribution is 7.87. The maximum absolute atomic E-state index is 13.1. The van der Waals surface area contributed by atoms with Crippen molar-refractivity contribution in [2.75, 3.05) is 0 Å². The van der Waals surface area contributed by atoms with Gasteiger partial charge in [-0.25, -0.2) is 0 Å². The molecule has 3 rings (SSSR count). The Bertz CT molecular complexity index is 1370. The number of halogens is 3. The number of carbonyl (C=O) groups is 1. The van der Waals surface area contributed by atoms with E-state index in [4.69, 9.17) is 4.18 Å². The van der Waals surface area contributed by atoms with Crippen LogP contribution < -0.4 is 4.18 Å². The molecule has 12 heteroatoms. The molecular weight excluding hydrogens is 513 g/mol. The van der Waals surface area contributed by atoms with Gasteiger partial charge in [0.25, 0.3) is 11.6 Å². The summed E-state index contributed by atoms with van der Waals surface area (Å²) in [4.78, 5) is 24.4. The predicted molar refractivity (Wildman–Crippen MR) is 128 cm³/mol. The molecule has 8 nitrogen and oxygen atoms in total. The molecule has 0 fully saturated rings. The van der Waals surface area contributed by atoms with E-state index in [1.165, 1.54) is 48.5 Å². The third-order valence-electron chi connectivity index (χ3n) is 5.64. The number of hydrogen-bond donors (Lipinski definition) is 0. The average molecular weight is 537 g/mol. The summed E-state index contributed by atoms with van der Waals surface area (Å²) >= 11 is 0. The monoisotopic (exact) mass is 536 g/mol. The molecule has 3 aromatic carbocycles. The van der Waals surface area contributed by atoms with Crippen molar-refractivity contribution in [3.63, 3.8) is 0 Å². The van der Waals surface area contributed by atoms with Crippen molar-refractivity contribution in [1.29, 1.82) is 0 Å². The average Bonchev–Trinajstić information content (AvgIpc) is 2.87. The number of nitro groups is 1. The Morgan fingerprint density at radius 1 is 1.05 bits per heavy atom. The quantitative estimate of drug-likeness (QED) is 0.194. The van der Waals surface area contributed by atoms with Crippen LogP contribution in [0.1, 0.15) is 41.8 Å². The van der Waals surface area contributed by atoms with E-state index in [2.05, 4.69) is 0 Å². The lowest BCUT2D eigenvalue weighted by Crippen LogP contribution is -2.37. The Morgan fingerprint density at radius 3 is 2.22 bits per heavy atom. The van der Waals surface area contributed by atoms with Gasteiger partial charge in [0.05, 0.1) is 10.5 Å². The second kappa shape index (κ2) is 11.0. The van der Waals surface area contributed by atoms with Crippen LogP contribution in [-0.2, 0) is 22.8 Å². The lowest BCUT2D eigenvalue weighted by atomic mass is 10.1. The van der Waals surface area contributed by atoms with Crippen LogP contribution in [0.5, 0.6) is 5.75 Å². The first-order valence-corrected chi connectivity index (χ1v) is 12.5. The van der Waals surface area contributed by atoms with Crippen molar-refractivity contribution in [3.8, 4) is 5.75 Å². The van der Waals surface area contributed by atoms with Crippen LogP contribution >= 0.6 is 0 Å². The van der Waals surface area contributed by atoms with Crippen LogP contribution in [-0.4, -0.2) is 30.2 Å². The van der Waals surface area contributed by atoms with Gasteiger partial charge >= 0.3 is 16.3 Å². The van der Waals surface area contributed by atoms with Gasteiger partial charge in [-0.1, -0.05) is 25.1 Å². The van der Waals surface area contributed by atoms with Crippen LogP contribution in [0.15, 0.2) is 77.7 Å². The number of nitrogens with zero attached hydrogens (tertiary/aromatic N) is 2. The summed E-state index contributed by atoms with van der Waals surface area (Å²) in [5, 5.41) is 10.9. The van der Waals surface area contributed by atoms with Gasteiger partial charge in [0, 0.05) is 30.3 Å². The number of carbonyl (C=O) groups excluding carboxylic acids is 1. The van der Waals surface area contributed by atoms with Crippen LogP contribution in [0.4, 0.5) is 18.9 Å². The molecular formula is C25H23F3N2O6S. The maximum Gasteiger partial charge on any atom is 0.416 e. The molecule has 196 valence electrons. The zero-order chi connectivity index (χ0) is 27.4. The largest absolute Gasteiger partial charge is 0.416 e. The smallest absolute Gasteiger partial charge is 0.379 e. The number of hydrogen-bond acceptors (Lipinski definition) is 6. The Morgan fingerprint density at radius 2 is 1.68 bits per heavy atom. The first kappa shape index (κ1) is 27.7. The molecule has 0 aromatic heterocycles. The fourth-order valence-corrected chi connectivity index (χ4v) is 4.37. The van der Waals surface area contributed by atoms with Gasteiger partial charge in [-0.2, -0.15) is 21.6 Å². The normalized spacial score (nSPS) is 12.6. The topological polar surface area (TPSA) is 107 Å². The molecule has 3 aromatic rings. The van der Waals surface area contributed by atoms with Crippen molar-refractivity contribution in [3.05, 3.63) is 99.6 Å². The number of benzene rings is 3. The third-order valence-corrected chi connectivity index (χ3v) is 6.88. The Hall–Kier alpha value is -3.93. The van der Waals surface area contributed by atoms with E-state index in [0.717, 1.165) is 18.2 Å². The molecule has 0 aliphatic carbocycles. The number of non-ortho nitro benzene ring substituents is 1. The van der Waals surface area contributed by atoms with Crippen LogP contribution in [0, 0.1) is 10.1 Å². The van der Waals surface area contributed by atoms with Gasteiger partial charge in [-0.15, -0.1) is 0 Å². The second-order valence-electron chi connectivity index (χ2n) is 8.20. The van der Waals surface area contributed by atoms with E-state index in [1.54, 1.807) is 4.90 Å². The minimum absolute atomic E-state index is 0.113. The highest BCUT2D eigenvalue weighted by Gasteiger charge is 2.32. The lowest BCUT2D eigenvalue weighted by molar-refractivity contribution is -0.384. The summed E-state index contributed by atoms with van der Waals surface area (Å²) in [6.45, 7) is 3.91. The summed E-state index contributed by atoms with van der Waals surface area (Å²) in [5.74, 6) is -0.449. The SMILES string of the molecule is CCC(C)N(Cc1ccc(OS(=O)(=O)c2cccc(C(F)(F)F)c2)cc1)C(=O)c1ccc([N+](=O)[O-])cc1. The number of amides is 1. The highest BCUT2D eigenvalue weighted by atomic mass is 32.2. The summed E-state index contributed by atoms with van der Waals surface area (Å²) in [6, 6.07) is 14.1. The fraction of sp³-hybridized carbons (Fsp3) is 0.240. The molecule has 0 saturated carbocycles. The molecule has 37 heavy (non-hydrogen) atoms. The summed E-state index contributed by atoms with van der Waals surface area (Å²) in [5.41, 5.74) is -0.338. The van der Waals surface area contributed by atoms with Crippen molar-refractivity contribution >= 4 is 21.7 Å². The van der Waals surface area contributed by atoms with Crippen LogP contribution in [0.3, 0.4) is 0 Å². The molecule has 1 unspecified atom stereocenters. The predicted octanol–water partition coefficient (Wildman–Crippen LogP) is 5.82. The van der Waals surface area contributed by atoms with Gasteiger partial charge in [0.1, 0.15) is 10.6 Å². The first-order chi connectivity index (χ1) is 17.3. The van der Waals surface area contributed by atoms with Gasteiger partial charge < -0.3 is 9.08 Å². The highest BCUT2D eigenvalue weighted by Crippen LogP contribution is 2.31. The van der Waals surface area contributed by atoms with Gasteiger partial charge in [-0.3, -0.25) is 14.9 Å². The molecule has 1 amide bonds. The molecule has 0 radical (unpaired) electrons. The summed E-state index contributed by atoms with van der Waals surface area (Å²) in [7, 11) is -4.52. The van der Waals surface area contributed by atoms with Gasteiger partial charge in [0.2, 0.25) is 0 Å². The number of alkyl halides is 3. The molecule has 0 aliphatic rings. The fourth-order valence-electron chi connectivity index (χ4n) is 3.39. The third kappa shape index (κ3) is 6.85. The van der Waals surface area contributed by atoms with Crippen LogP contribution in [0.2, 0.25) is 0 Å². The maximum atomic E-state index is 13.1. The van der Waals surface area contributed by atoms with Gasteiger partial charge in [-0.05, 0) is 61.4 Å². The minimum Gasteiger partial charge on any atom is -0.379 e. The van der Waals surface area contributed by atoms with E-state index in [0.29, 0.717) is 18.1 Å². The summed E-state index contributed by atoms with van der Waals surface area (Å²) < 4.78 is 68.8. The Balaban J connectivity index is 1.77. The van der Waals surface area contributed by atoms with Crippen molar-refractivity contribution in [1.82, 2.24) is 4.90 Å². The molecule has 0 bridgehead atoms. The molecule has 0 spiro atoms. The summed E-state index contributed by atoms with van der Waals surface area (Å²) in [6.07, 6.45) is -4.07. The van der Waals surface area contributed by atoms with E-state index in [-0.39, 0.29) is 35.5 Å². The number of rotatable bonds is 9. The zero-order valence-corrected chi connectivity index (χ0v) is 20.6. The standard InChI is InChI=1S/C25H23F3N2O6S/c1-3-17(2)29(24(31)19-9-11-21(12-10-19)30(32)33)16-18-7-13-22(14-8-18)36-37(34,35)23-6-4-5-20(15-23)25(26,27)28/h4-15,17H,3,16H2,1-2H3. The number of nitro benzene ring substituents is 1.